The molecule has 0 fully saturated rings. The molecule has 140 valence electrons. The number of hydrogen-bond acceptors (Lipinski definition) is 4. The molecule has 0 bridgehead atoms. The predicted molar refractivity (Wildman–Crippen MR) is 99.3 cm³/mol. The number of carbonyl (C=O) groups excluding carboxylic acids is 1. The lowest BCUT2D eigenvalue weighted by Gasteiger charge is -2.15. The zero-order chi connectivity index (χ0) is 19.4. The first-order valence-corrected chi connectivity index (χ1v) is 8.95. The minimum Gasteiger partial charge on any atom is -0.435 e. The molecule has 1 atom stereocenters. The largest absolute Gasteiger partial charge is 0.435 e. The number of aromatic amines is 1. The fourth-order valence-corrected chi connectivity index (χ4v) is 3.25. The molecule has 1 amide bonds. The lowest BCUT2D eigenvalue weighted by molar-refractivity contribution is -0.0499. The fourth-order valence-electron chi connectivity index (χ4n) is 2.55. The zero-order valence-electron chi connectivity index (χ0n) is 14.2. The normalized spacial score (nSPS) is 12.0. The van der Waals surface area contributed by atoms with E-state index < -0.39 is 24.1 Å². The summed E-state index contributed by atoms with van der Waals surface area (Å²) in [4.78, 5) is 28.3. The third-order valence-electron chi connectivity index (χ3n) is 3.87. The van der Waals surface area contributed by atoms with Crippen LogP contribution in [-0.2, 0) is 0 Å². The maximum absolute atomic E-state index is 12.4. The van der Waals surface area contributed by atoms with Gasteiger partial charge in [0, 0.05) is 0 Å². The number of nitrogens with one attached hydrogen (secondary N) is 2. The van der Waals surface area contributed by atoms with Gasteiger partial charge < -0.3 is 15.0 Å². The lowest BCUT2D eigenvalue weighted by Crippen LogP contribution is -2.31. The Morgan fingerprint density at radius 1 is 1.19 bits per heavy atom. The van der Waals surface area contributed by atoms with Crippen molar-refractivity contribution in [1.29, 1.82) is 0 Å². The Labute approximate surface area is 157 Å². The number of pyridine rings is 1. The van der Waals surface area contributed by atoms with Crippen molar-refractivity contribution in [2.45, 2.75) is 19.6 Å². The van der Waals surface area contributed by atoms with E-state index in [0.717, 1.165) is 4.88 Å². The second-order valence-corrected chi connectivity index (χ2v) is 6.69. The van der Waals surface area contributed by atoms with Crippen molar-refractivity contribution in [3.05, 3.63) is 75.4 Å². The summed E-state index contributed by atoms with van der Waals surface area (Å²) in [7, 11) is 0. The second kappa shape index (κ2) is 8.13. The van der Waals surface area contributed by atoms with E-state index in [-0.39, 0.29) is 11.3 Å². The summed E-state index contributed by atoms with van der Waals surface area (Å²) in [5.74, 6) is -0.552. The van der Waals surface area contributed by atoms with Crippen molar-refractivity contribution in [1.82, 2.24) is 10.3 Å². The molecule has 0 radical (unpaired) electrons. The SMILES string of the molecule is CC(NC(=O)c1ccc(-c2cccs2)[nH]c1=O)c1cccc(OC(F)F)c1. The number of hydrogen-bond donors (Lipinski definition) is 2. The number of H-pyrrole nitrogens is 1. The van der Waals surface area contributed by atoms with Gasteiger partial charge in [0.05, 0.1) is 16.6 Å². The van der Waals surface area contributed by atoms with Crippen LogP contribution >= 0.6 is 11.3 Å². The molecule has 3 aromatic rings. The predicted octanol–water partition coefficient (Wildman–Crippen LogP) is 4.20. The maximum atomic E-state index is 12.4. The van der Waals surface area contributed by atoms with Crippen molar-refractivity contribution in [3.63, 3.8) is 0 Å². The van der Waals surface area contributed by atoms with Crippen LogP contribution in [0.5, 0.6) is 5.75 Å². The van der Waals surface area contributed by atoms with E-state index in [4.69, 9.17) is 0 Å². The van der Waals surface area contributed by atoms with E-state index in [1.807, 2.05) is 17.5 Å². The van der Waals surface area contributed by atoms with Gasteiger partial charge in [0.15, 0.2) is 0 Å². The number of benzene rings is 1. The third-order valence-corrected chi connectivity index (χ3v) is 4.77. The van der Waals surface area contributed by atoms with Gasteiger partial charge in [-0.3, -0.25) is 9.59 Å². The van der Waals surface area contributed by atoms with Crippen LogP contribution in [0.4, 0.5) is 8.78 Å². The summed E-state index contributed by atoms with van der Waals surface area (Å²) in [6.07, 6.45) is 0. The number of carbonyl (C=O) groups is 1. The first-order chi connectivity index (χ1) is 12.9. The number of ether oxygens (including phenoxy) is 1. The van der Waals surface area contributed by atoms with Crippen LogP contribution in [0.25, 0.3) is 10.6 Å². The molecule has 0 aliphatic carbocycles. The van der Waals surface area contributed by atoms with E-state index in [9.17, 15) is 18.4 Å². The molecule has 0 aliphatic heterocycles. The number of halogens is 2. The summed E-state index contributed by atoms with van der Waals surface area (Å²) in [6, 6.07) is 12.4. The summed E-state index contributed by atoms with van der Waals surface area (Å²) in [5.41, 5.74) is 0.687. The molecule has 27 heavy (non-hydrogen) atoms. The van der Waals surface area contributed by atoms with Gasteiger partial charge in [0.25, 0.3) is 11.5 Å². The quantitative estimate of drug-likeness (QED) is 0.663. The van der Waals surface area contributed by atoms with E-state index >= 15 is 0 Å². The van der Waals surface area contributed by atoms with E-state index in [1.165, 1.54) is 29.5 Å². The molecule has 0 saturated heterocycles. The highest BCUT2D eigenvalue weighted by Gasteiger charge is 2.16. The smallest absolute Gasteiger partial charge is 0.387 e. The number of aromatic nitrogens is 1. The Kier molecular flexibility index (Phi) is 5.66. The number of thiophene rings is 1. The Bertz CT molecular complexity index is 987. The minimum atomic E-state index is -2.93. The Morgan fingerprint density at radius 2 is 2.00 bits per heavy atom. The van der Waals surface area contributed by atoms with Crippen LogP contribution in [0.1, 0.15) is 28.9 Å². The molecule has 0 spiro atoms. The standard InChI is InChI=1S/C19H16F2N2O3S/c1-11(12-4-2-5-13(10-12)26-19(20)21)22-17(24)14-7-8-15(23-18(14)25)16-6-3-9-27-16/h2-11,19H,1H3,(H,22,24)(H,23,25). The molecule has 1 unspecified atom stereocenters. The van der Waals surface area contributed by atoms with Crippen LogP contribution in [0.2, 0.25) is 0 Å². The molecule has 0 saturated carbocycles. The average Bonchev–Trinajstić information content (AvgIpc) is 3.15. The molecule has 5 nitrogen and oxygen atoms in total. The van der Waals surface area contributed by atoms with Gasteiger partial charge in [-0.05, 0) is 48.2 Å². The van der Waals surface area contributed by atoms with Crippen molar-refractivity contribution < 1.29 is 18.3 Å². The molecular formula is C19H16F2N2O3S. The minimum absolute atomic E-state index is 0.00162. The molecule has 2 heterocycles. The van der Waals surface area contributed by atoms with Gasteiger partial charge in [-0.2, -0.15) is 8.78 Å². The van der Waals surface area contributed by atoms with Crippen LogP contribution in [0.15, 0.2) is 58.7 Å². The zero-order valence-corrected chi connectivity index (χ0v) is 15.1. The summed E-state index contributed by atoms with van der Waals surface area (Å²) in [6.45, 7) is -1.24. The van der Waals surface area contributed by atoms with Crippen molar-refractivity contribution in [2.75, 3.05) is 0 Å². The molecular weight excluding hydrogens is 374 g/mol. The molecule has 8 heteroatoms. The lowest BCUT2D eigenvalue weighted by atomic mass is 10.1. The first-order valence-electron chi connectivity index (χ1n) is 8.07. The fraction of sp³-hybridized carbons (Fsp3) is 0.158. The molecule has 2 N–H and O–H groups in total. The highest BCUT2D eigenvalue weighted by molar-refractivity contribution is 7.13. The van der Waals surface area contributed by atoms with E-state index in [0.29, 0.717) is 11.3 Å². The summed E-state index contributed by atoms with van der Waals surface area (Å²) in [5, 5.41) is 4.58. The molecule has 1 aromatic carbocycles. The van der Waals surface area contributed by atoms with Gasteiger partial charge in [0.1, 0.15) is 11.3 Å². The Hall–Kier alpha value is -3.00. The van der Waals surface area contributed by atoms with Gasteiger partial charge in [-0.25, -0.2) is 0 Å². The summed E-state index contributed by atoms with van der Waals surface area (Å²) < 4.78 is 29.0. The Morgan fingerprint density at radius 3 is 2.67 bits per heavy atom. The van der Waals surface area contributed by atoms with Crippen LogP contribution < -0.4 is 15.6 Å². The molecule has 0 aliphatic rings. The van der Waals surface area contributed by atoms with E-state index in [2.05, 4.69) is 15.0 Å². The average molecular weight is 390 g/mol. The van der Waals surface area contributed by atoms with Crippen molar-refractivity contribution in [2.24, 2.45) is 0 Å². The summed E-state index contributed by atoms with van der Waals surface area (Å²) >= 11 is 1.48. The Balaban J connectivity index is 1.74. The molecule has 3 rings (SSSR count). The topological polar surface area (TPSA) is 71.2 Å². The second-order valence-electron chi connectivity index (χ2n) is 5.74. The highest BCUT2D eigenvalue weighted by atomic mass is 32.1. The maximum Gasteiger partial charge on any atom is 0.387 e. The number of amides is 1. The first kappa shape index (κ1) is 18.8. The third kappa shape index (κ3) is 4.59. The molecule has 2 aromatic heterocycles. The van der Waals surface area contributed by atoms with Crippen molar-refractivity contribution >= 4 is 17.2 Å². The highest BCUT2D eigenvalue weighted by Crippen LogP contribution is 2.22. The van der Waals surface area contributed by atoms with Crippen LogP contribution in [0, 0.1) is 0 Å². The van der Waals surface area contributed by atoms with Gasteiger partial charge in [0.2, 0.25) is 0 Å². The van der Waals surface area contributed by atoms with Gasteiger partial charge >= 0.3 is 6.61 Å². The monoisotopic (exact) mass is 390 g/mol. The van der Waals surface area contributed by atoms with Gasteiger partial charge in [-0.1, -0.05) is 18.2 Å². The van der Waals surface area contributed by atoms with Gasteiger partial charge in [-0.15, -0.1) is 11.3 Å². The van der Waals surface area contributed by atoms with Crippen LogP contribution in [-0.4, -0.2) is 17.5 Å². The number of rotatable bonds is 6. The number of alkyl halides is 2. The van der Waals surface area contributed by atoms with E-state index in [1.54, 1.807) is 25.1 Å². The van der Waals surface area contributed by atoms with Crippen molar-refractivity contribution in [3.8, 4) is 16.3 Å². The van der Waals surface area contributed by atoms with Crippen LogP contribution in [0.3, 0.4) is 0 Å².